The molecule has 0 spiro atoms. The molecule has 0 bridgehead atoms. The molecular weight excluding hydrogens is 344 g/mol. The molecule has 0 aliphatic rings. The lowest BCUT2D eigenvalue weighted by molar-refractivity contribution is -0.142. The maximum Gasteiger partial charge on any atom is 0.328 e. The number of aryl methyl sites for hydroxylation is 2. The number of benzene rings is 2. The summed E-state index contributed by atoms with van der Waals surface area (Å²) in [5, 5.41) is 5.36. The van der Waals surface area contributed by atoms with Gasteiger partial charge in [0, 0.05) is 24.6 Å². The predicted molar refractivity (Wildman–Crippen MR) is 104 cm³/mol. The molecule has 0 aromatic heterocycles. The molecule has 6 heteroatoms. The first-order valence-electron chi connectivity index (χ1n) is 8.62. The van der Waals surface area contributed by atoms with E-state index in [1.54, 1.807) is 24.3 Å². The lowest BCUT2D eigenvalue weighted by Gasteiger charge is -2.17. The van der Waals surface area contributed by atoms with Crippen molar-refractivity contribution in [2.24, 2.45) is 0 Å². The lowest BCUT2D eigenvalue weighted by Crippen LogP contribution is -2.43. The van der Waals surface area contributed by atoms with Crippen LogP contribution in [0.2, 0.25) is 0 Å². The zero-order valence-corrected chi connectivity index (χ0v) is 16.0. The second kappa shape index (κ2) is 8.98. The number of nitrogens with one attached hydrogen (secondary N) is 2. The smallest absolute Gasteiger partial charge is 0.328 e. The van der Waals surface area contributed by atoms with Crippen molar-refractivity contribution >= 4 is 23.5 Å². The van der Waals surface area contributed by atoms with Crippen molar-refractivity contribution in [3.63, 3.8) is 0 Å². The van der Waals surface area contributed by atoms with Crippen LogP contribution in [0.25, 0.3) is 0 Å². The van der Waals surface area contributed by atoms with Gasteiger partial charge in [0.2, 0.25) is 5.91 Å². The van der Waals surface area contributed by atoms with Gasteiger partial charge in [0.25, 0.3) is 5.91 Å². The molecule has 0 saturated carbocycles. The number of ether oxygens (including phenoxy) is 1. The zero-order chi connectivity index (χ0) is 20.0. The summed E-state index contributed by atoms with van der Waals surface area (Å²) in [5.41, 5.74) is 4.21. The predicted octanol–water partition coefficient (Wildman–Crippen LogP) is 2.78. The van der Waals surface area contributed by atoms with E-state index in [2.05, 4.69) is 10.6 Å². The zero-order valence-electron chi connectivity index (χ0n) is 16.0. The number of methoxy groups -OCH3 is 1. The normalized spacial score (nSPS) is 11.4. The summed E-state index contributed by atoms with van der Waals surface area (Å²) in [6.45, 7) is 5.43. The van der Waals surface area contributed by atoms with E-state index >= 15 is 0 Å². The van der Waals surface area contributed by atoms with Crippen LogP contribution in [0.4, 0.5) is 5.69 Å². The van der Waals surface area contributed by atoms with Gasteiger partial charge < -0.3 is 15.4 Å². The van der Waals surface area contributed by atoms with Gasteiger partial charge in [-0.15, -0.1) is 0 Å². The molecule has 2 N–H and O–H groups in total. The van der Waals surface area contributed by atoms with Crippen molar-refractivity contribution in [2.45, 2.75) is 33.2 Å². The number of hydrogen-bond acceptors (Lipinski definition) is 4. The summed E-state index contributed by atoms with van der Waals surface area (Å²) < 4.78 is 4.84. The van der Waals surface area contributed by atoms with Crippen LogP contribution in [0.3, 0.4) is 0 Å². The van der Waals surface area contributed by atoms with Gasteiger partial charge in [-0.2, -0.15) is 0 Å². The van der Waals surface area contributed by atoms with Gasteiger partial charge in [0.05, 0.1) is 7.11 Å². The Labute approximate surface area is 158 Å². The molecular formula is C21H24N2O4. The first-order valence-corrected chi connectivity index (χ1v) is 8.62. The van der Waals surface area contributed by atoms with Crippen molar-refractivity contribution in [1.82, 2.24) is 5.32 Å². The van der Waals surface area contributed by atoms with Gasteiger partial charge >= 0.3 is 5.97 Å². The summed E-state index contributed by atoms with van der Waals surface area (Å²) in [5.74, 6) is -1.08. The van der Waals surface area contributed by atoms with Crippen molar-refractivity contribution in [1.29, 1.82) is 0 Å². The van der Waals surface area contributed by atoms with E-state index in [1.165, 1.54) is 14.0 Å². The van der Waals surface area contributed by atoms with Crippen molar-refractivity contribution in [3.8, 4) is 0 Å². The third-order valence-corrected chi connectivity index (χ3v) is 4.27. The van der Waals surface area contributed by atoms with Crippen LogP contribution >= 0.6 is 0 Å². The Balaban J connectivity index is 2.12. The fourth-order valence-corrected chi connectivity index (χ4v) is 2.65. The Hall–Kier alpha value is -3.15. The van der Waals surface area contributed by atoms with E-state index in [4.69, 9.17) is 4.74 Å². The molecule has 2 rings (SSSR count). The standard InChI is InChI=1S/C21H24N2O4/c1-13-5-6-16(11-14(13)2)12-19(21(26)27-4)23-20(25)17-7-9-18(10-8-17)22-15(3)24/h5-11,19H,12H2,1-4H3,(H,22,24)(H,23,25)/t19-/m1/s1. The average molecular weight is 368 g/mol. The van der Waals surface area contributed by atoms with Gasteiger partial charge in [0.1, 0.15) is 6.04 Å². The third kappa shape index (κ3) is 5.67. The molecule has 0 fully saturated rings. The van der Waals surface area contributed by atoms with E-state index in [0.717, 1.165) is 16.7 Å². The van der Waals surface area contributed by atoms with E-state index in [-0.39, 0.29) is 11.8 Å². The van der Waals surface area contributed by atoms with E-state index in [9.17, 15) is 14.4 Å². The Bertz CT molecular complexity index is 844. The summed E-state index contributed by atoms with van der Waals surface area (Å²) in [6, 6.07) is 11.6. The molecule has 27 heavy (non-hydrogen) atoms. The van der Waals surface area contributed by atoms with Crippen molar-refractivity contribution < 1.29 is 19.1 Å². The van der Waals surface area contributed by atoms with Crippen LogP contribution in [0.15, 0.2) is 42.5 Å². The number of carbonyl (C=O) groups is 3. The molecule has 0 radical (unpaired) electrons. The van der Waals surface area contributed by atoms with E-state index < -0.39 is 12.0 Å². The number of hydrogen-bond donors (Lipinski definition) is 2. The molecule has 0 unspecified atom stereocenters. The molecule has 0 aliphatic carbocycles. The lowest BCUT2D eigenvalue weighted by atomic mass is 10.0. The second-order valence-corrected chi connectivity index (χ2v) is 6.43. The Morgan fingerprint density at radius 1 is 1.00 bits per heavy atom. The number of amides is 2. The Morgan fingerprint density at radius 2 is 1.67 bits per heavy atom. The van der Waals surface area contributed by atoms with Crippen LogP contribution in [0.5, 0.6) is 0 Å². The fraction of sp³-hybridized carbons (Fsp3) is 0.286. The van der Waals surface area contributed by atoms with Gasteiger partial charge in [-0.25, -0.2) is 4.79 Å². The molecule has 0 saturated heterocycles. The van der Waals surface area contributed by atoms with Gasteiger partial charge in [-0.1, -0.05) is 18.2 Å². The minimum absolute atomic E-state index is 0.189. The van der Waals surface area contributed by atoms with Crippen LogP contribution in [0.1, 0.15) is 34.0 Å². The van der Waals surface area contributed by atoms with Crippen LogP contribution in [-0.2, 0) is 20.7 Å². The molecule has 142 valence electrons. The van der Waals surface area contributed by atoms with E-state index in [1.807, 2.05) is 32.0 Å². The highest BCUT2D eigenvalue weighted by atomic mass is 16.5. The Kier molecular flexibility index (Phi) is 6.71. The minimum atomic E-state index is -0.792. The highest BCUT2D eigenvalue weighted by molar-refractivity contribution is 5.97. The summed E-state index contributed by atoms with van der Waals surface area (Å²) >= 11 is 0. The topological polar surface area (TPSA) is 84.5 Å². The van der Waals surface area contributed by atoms with E-state index in [0.29, 0.717) is 17.7 Å². The molecule has 6 nitrogen and oxygen atoms in total. The van der Waals surface area contributed by atoms with Gasteiger partial charge in [0.15, 0.2) is 0 Å². The third-order valence-electron chi connectivity index (χ3n) is 4.27. The van der Waals surface area contributed by atoms with Gasteiger partial charge in [-0.05, 0) is 54.8 Å². The molecule has 2 aromatic carbocycles. The Morgan fingerprint density at radius 3 is 2.22 bits per heavy atom. The minimum Gasteiger partial charge on any atom is -0.467 e. The van der Waals surface area contributed by atoms with Crippen molar-refractivity contribution in [3.05, 3.63) is 64.7 Å². The molecule has 0 heterocycles. The summed E-state index contributed by atoms with van der Waals surface area (Å²) in [6.07, 6.45) is 0.337. The highest BCUT2D eigenvalue weighted by Crippen LogP contribution is 2.13. The first-order chi connectivity index (χ1) is 12.8. The maximum absolute atomic E-state index is 12.5. The number of esters is 1. The average Bonchev–Trinajstić information content (AvgIpc) is 2.63. The van der Waals surface area contributed by atoms with Crippen LogP contribution < -0.4 is 10.6 Å². The number of carbonyl (C=O) groups excluding carboxylic acids is 3. The van der Waals surface area contributed by atoms with Crippen LogP contribution in [0, 0.1) is 13.8 Å². The molecule has 2 aromatic rings. The first kappa shape index (κ1) is 20.2. The monoisotopic (exact) mass is 368 g/mol. The van der Waals surface area contributed by atoms with Gasteiger partial charge in [-0.3, -0.25) is 9.59 Å². The van der Waals surface area contributed by atoms with Crippen LogP contribution in [-0.4, -0.2) is 30.9 Å². The fourth-order valence-electron chi connectivity index (χ4n) is 2.65. The van der Waals surface area contributed by atoms with Crippen molar-refractivity contribution in [2.75, 3.05) is 12.4 Å². The summed E-state index contributed by atoms with van der Waals surface area (Å²) in [4.78, 5) is 35.7. The molecule has 0 aliphatic heterocycles. The number of anilines is 1. The maximum atomic E-state index is 12.5. The number of rotatable bonds is 6. The molecule has 1 atom stereocenters. The quantitative estimate of drug-likeness (QED) is 0.768. The largest absolute Gasteiger partial charge is 0.467 e. The second-order valence-electron chi connectivity index (χ2n) is 6.43. The molecule has 2 amide bonds. The highest BCUT2D eigenvalue weighted by Gasteiger charge is 2.22. The SMILES string of the molecule is COC(=O)[C@@H](Cc1ccc(C)c(C)c1)NC(=O)c1ccc(NC(C)=O)cc1. The summed E-state index contributed by atoms with van der Waals surface area (Å²) in [7, 11) is 1.30.